The second kappa shape index (κ2) is 4.31. The fourth-order valence-corrected chi connectivity index (χ4v) is 1.95. The van der Waals surface area contributed by atoms with Crippen LogP contribution in [0.25, 0.3) is 0 Å². The number of amides is 1. The van der Waals surface area contributed by atoms with E-state index in [1.165, 1.54) is 0 Å². The molecule has 0 spiro atoms. The molecule has 0 saturated heterocycles. The minimum absolute atomic E-state index is 0.197. The number of ether oxygens (including phenoxy) is 2. The Morgan fingerprint density at radius 3 is 2.89 bits per heavy atom. The van der Waals surface area contributed by atoms with Gasteiger partial charge >= 0.3 is 0 Å². The van der Waals surface area contributed by atoms with Gasteiger partial charge < -0.3 is 14.8 Å². The summed E-state index contributed by atoms with van der Waals surface area (Å²) in [7, 11) is 1.81. The highest BCUT2D eigenvalue weighted by Gasteiger charge is 2.17. The summed E-state index contributed by atoms with van der Waals surface area (Å²) in [6, 6.07) is 5.10. The number of aromatic nitrogens is 2. The number of carbonyl (C=O) groups excluding carboxylic acids is 1. The maximum atomic E-state index is 12.1. The molecule has 0 atom stereocenters. The molecule has 0 bridgehead atoms. The van der Waals surface area contributed by atoms with Crippen LogP contribution in [0.4, 0.5) is 5.69 Å². The molecule has 0 radical (unpaired) electrons. The van der Waals surface area contributed by atoms with E-state index < -0.39 is 0 Å². The molecule has 6 heteroatoms. The molecule has 0 aliphatic carbocycles. The molecular weight excluding hydrogens is 246 g/mol. The van der Waals surface area contributed by atoms with E-state index in [0.29, 0.717) is 22.7 Å². The Bertz CT molecular complexity index is 649. The van der Waals surface area contributed by atoms with E-state index in [1.54, 1.807) is 29.1 Å². The second-order valence-electron chi connectivity index (χ2n) is 4.32. The number of nitrogens with zero attached hydrogens (tertiary/aromatic N) is 2. The summed E-state index contributed by atoms with van der Waals surface area (Å²) < 4.78 is 12.1. The van der Waals surface area contributed by atoms with Crippen molar-refractivity contribution in [1.29, 1.82) is 0 Å². The first-order valence-electron chi connectivity index (χ1n) is 5.85. The maximum Gasteiger partial charge on any atom is 0.255 e. The summed E-state index contributed by atoms with van der Waals surface area (Å²) in [4.78, 5) is 12.1. The lowest BCUT2D eigenvalue weighted by molar-refractivity contribution is 0.102. The van der Waals surface area contributed by atoms with Gasteiger partial charge in [-0.3, -0.25) is 9.48 Å². The van der Waals surface area contributed by atoms with E-state index in [9.17, 15) is 4.79 Å². The van der Waals surface area contributed by atoms with Gasteiger partial charge in [-0.25, -0.2) is 0 Å². The number of anilines is 1. The molecule has 0 unspecified atom stereocenters. The van der Waals surface area contributed by atoms with E-state index >= 15 is 0 Å². The summed E-state index contributed by atoms with van der Waals surface area (Å²) in [5.74, 6) is 1.05. The molecule has 1 aliphatic heterocycles. The Morgan fingerprint density at radius 2 is 2.16 bits per heavy atom. The van der Waals surface area contributed by atoms with Crippen molar-refractivity contribution < 1.29 is 14.3 Å². The van der Waals surface area contributed by atoms with Gasteiger partial charge in [0.15, 0.2) is 11.5 Å². The standard InChI is InChI=1S/C13H13N3O3/c1-8-10(6-16(2)15-8)14-13(17)9-3-4-11-12(5-9)19-7-18-11/h3-6H,7H2,1-2H3,(H,14,17). The molecule has 0 saturated carbocycles. The van der Waals surface area contributed by atoms with Crippen LogP contribution in [0.2, 0.25) is 0 Å². The lowest BCUT2D eigenvalue weighted by atomic mass is 10.2. The van der Waals surface area contributed by atoms with Crippen molar-refractivity contribution in [3.05, 3.63) is 35.7 Å². The molecule has 0 fully saturated rings. The third kappa shape index (κ3) is 2.12. The van der Waals surface area contributed by atoms with Gasteiger partial charge in [0.25, 0.3) is 5.91 Å². The molecule has 1 amide bonds. The van der Waals surface area contributed by atoms with Gasteiger partial charge in [-0.15, -0.1) is 0 Å². The highest BCUT2D eigenvalue weighted by atomic mass is 16.7. The maximum absolute atomic E-state index is 12.1. The van der Waals surface area contributed by atoms with Gasteiger partial charge in [0.1, 0.15) is 0 Å². The van der Waals surface area contributed by atoms with Crippen molar-refractivity contribution in [3.8, 4) is 11.5 Å². The van der Waals surface area contributed by atoms with Gasteiger partial charge in [0.05, 0.1) is 11.4 Å². The van der Waals surface area contributed by atoms with Crippen molar-refractivity contribution in [3.63, 3.8) is 0 Å². The number of carbonyl (C=O) groups is 1. The summed E-state index contributed by atoms with van der Waals surface area (Å²) in [5, 5.41) is 6.99. The quantitative estimate of drug-likeness (QED) is 0.891. The Labute approximate surface area is 109 Å². The molecule has 1 aromatic carbocycles. The Hall–Kier alpha value is -2.50. The van der Waals surface area contributed by atoms with E-state index in [1.807, 2.05) is 14.0 Å². The van der Waals surface area contributed by atoms with Crippen LogP contribution in [0.1, 0.15) is 16.1 Å². The van der Waals surface area contributed by atoms with Crippen molar-refractivity contribution in [1.82, 2.24) is 9.78 Å². The number of rotatable bonds is 2. The summed E-state index contributed by atoms with van der Waals surface area (Å²) in [6.07, 6.45) is 1.76. The third-order valence-corrected chi connectivity index (χ3v) is 2.90. The highest BCUT2D eigenvalue weighted by Crippen LogP contribution is 2.32. The smallest absolute Gasteiger partial charge is 0.255 e. The van der Waals surface area contributed by atoms with Crippen molar-refractivity contribution >= 4 is 11.6 Å². The first kappa shape index (κ1) is 11.6. The van der Waals surface area contributed by atoms with E-state index in [4.69, 9.17) is 9.47 Å². The number of hydrogen-bond acceptors (Lipinski definition) is 4. The molecule has 1 N–H and O–H groups in total. The number of fused-ring (bicyclic) bond motifs is 1. The third-order valence-electron chi connectivity index (χ3n) is 2.90. The molecule has 3 rings (SSSR count). The van der Waals surface area contributed by atoms with Gasteiger partial charge in [-0.1, -0.05) is 0 Å². The molecule has 1 aliphatic rings. The predicted molar refractivity (Wildman–Crippen MR) is 68.5 cm³/mol. The van der Waals surface area contributed by atoms with Crippen LogP contribution in [-0.2, 0) is 7.05 Å². The van der Waals surface area contributed by atoms with Gasteiger partial charge in [-0.2, -0.15) is 5.10 Å². The van der Waals surface area contributed by atoms with Crippen LogP contribution in [0.15, 0.2) is 24.4 Å². The number of nitrogens with one attached hydrogen (secondary N) is 1. The molecule has 19 heavy (non-hydrogen) atoms. The monoisotopic (exact) mass is 259 g/mol. The lowest BCUT2D eigenvalue weighted by Crippen LogP contribution is -2.12. The van der Waals surface area contributed by atoms with E-state index in [0.717, 1.165) is 5.69 Å². The number of aryl methyl sites for hydroxylation is 2. The average molecular weight is 259 g/mol. The summed E-state index contributed by atoms with van der Waals surface area (Å²) in [6.45, 7) is 2.04. The first-order valence-corrected chi connectivity index (χ1v) is 5.85. The fourth-order valence-electron chi connectivity index (χ4n) is 1.95. The van der Waals surface area contributed by atoms with Crippen LogP contribution in [0.5, 0.6) is 11.5 Å². The SMILES string of the molecule is Cc1nn(C)cc1NC(=O)c1ccc2c(c1)OCO2. The van der Waals surface area contributed by atoms with Gasteiger partial charge in [0.2, 0.25) is 6.79 Å². The van der Waals surface area contributed by atoms with Crippen LogP contribution in [0.3, 0.4) is 0 Å². The van der Waals surface area contributed by atoms with Gasteiger partial charge in [-0.05, 0) is 25.1 Å². The molecule has 2 heterocycles. The zero-order valence-corrected chi connectivity index (χ0v) is 10.6. The Balaban J connectivity index is 1.82. The second-order valence-corrected chi connectivity index (χ2v) is 4.32. The van der Waals surface area contributed by atoms with Crippen LogP contribution < -0.4 is 14.8 Å². The van der Waals surface area contributed by atoms with Crippen LogP contribution in [-0.4, -0.2) is 22.5 Å². The molecule has 2 aromatic rings. The summed E-state index contributed by atoms with van der Waals surface area (Å²) >= 11 is 0. The Morgan fingerprint density at radius 1 is 1.37 bits per heavy atom. The Kier molecular flexibility index (Phi) is 2.63. The van der Waals surface area contributed by atoms with Crippen LogP contribution in [0, 0.1) is 6.92 Å². The molecule has 1 aromatic heterocycles. The van der Waals surface area contributed by atoms with E-state index in [-0.39, 0.29) is 12.7 Å². The predicted octanol–water partition coefficient (Wildman–Crippen LogP) is 1.71. The van der Waals surface area contributed by atoms with Gasteiger partial charge in [0, 0.05) is 18.8 Å². The number of hydrogen-bond donors (Lipinski definition) is 1. The molecular formula is C13H13N3O3. The van der Waals surface area contributed by atoms with Crippen molar-refractivity contribution in [2.75, 3.05) is 12.1 Å². The van der Waals surface area contributed by atoms with Crippen molar-refractivity contribution in [2.45, 2.75) is 6.92 Å². The lowest BCUT2D eigenvalue weighted by Gasteiger charge is -2.04. The van der Waals surface area contributed by atoms with Crippen molar-refractivity contribution in [2.24, 2.45) is 7.05 Å². The fraction of sp³-hybridized carbons (Fsp3) is 0.231. The summed E-state index contributed by atoms with van der Waals surface area (Å²) in [5.41, 5.74) is 1.99. The largest absolute Gasteiger partial charge is 0.454 e. The average Bonchev–Trinajstić information content (AvgIpc) is 2.95. The molecule has 6 nitrogen and oxygen atoms in total. The first-order chi connectivity index (χ1) is 9.13. The zero-order chi connectivity index (χ0) is 13.4. The van der Waals surface area contributed by atoms with Crippen LogP contribution >= 0.6 is 0 Å². The highest BCUT2D eigenvalue weighted by molar-refractivity contribution is 6.04. The minimum atomic E-state index is -0.200. The minimum Gasteiger partial charge on any atom is -0.454 e. The molecule has 98 valence electrons. The topological polar surface area (TPSA) is 65.4 Å². The number of benzene rings is 1. The van der Waals surface area contributed by atoms with E-state index in [2.05, 4.69) is 10.4 Å². The normalized spacial score (nSPS) is 12.5. The zero-order valence-electron chi connectivity index (χ0n) is 10.6.